The molecule has 3 rings (SSSR count). The highest BCUT2D eigenvalue weighted by atomic mass is 19.4. The Kier molecular flexibility index (Phi) is 6.92. The lowest BCUT2D eigenvalue weighted by Crippen LogP contribution is -2.05. The third-order valence-electron chi connectivity index (χ3n) is 4.89. The van der Waals surface area contributed by atoms with Crippen molar-refractivity contribution in [1.82, 2.24) is 0 Å². The van der Waals surface area contributed by atoms with Gasteiger partial charge in [-0.05, 0) is 55.0 Å². The first-order valence-electron chi connectivity index (χ1n) is 10.00. The number of phenolic OH excluding ortho intramolecular Hbond substituents is 1. The number of ether oxygens (including phenoxy) is 2. The molecule has 0 aliphatic heterocycles. The van der Waals surface area contributed by atoms with E-state index < -0.39 is 11.7 Å². The number of ketones is 1. The van der Waals surface area contributed by atoms with Gasteiger partial charge in [-0.1, -0.05) is 19.1 Å². The molecule has 170 valence electrons. The quantitative estimate of drug-likeness (QED) is 0.409. The molecule has 0 unspecified atom stereocenters. The van der Waals surface area contributed by atoms with Gasteiger partial charge in [-0.2, -0.15) is 18.4 Å². The molecule has 0 saturated heterocycles. The van der Waals surface area contributed by atoms with Crippen LogP contribution in [0.15, 0.2) is 54.6 Å². The molecule has 0 aliphatic rings. The van der Waals surface area contributed by atoms with E-state index in [2.05, 4.69) is 0 Å². The van der Waals surface area contributed by atoms with Gasteiger partial charge in [0.15, 0.2) is 5.78 Å². The lowest BCUT2D eigenvalue weighted by Gasteiger charge is -2.14. The van der Waals surface area contributed by atoms with Crippen molar-refractivity contribution < 1.29 is 32.5 Å². The Bertz CT molecular complexity index is 1230. The fraction of sp³-hybridized carbons (Fsp3) is 0.200. The summed E-state index contributed by atoms with van der Waals surface area (Å²) in [5, 5.41) is 19.3. The number of hydrogen-bond acceptors (Lipinski definition) is 5. The predicted molar refractivity (Wildman–Crippen MR) is 114 cm³/mol. The van der Waals surface area contributed by atoms with Crippen LogP contribution < -0.4 is 9.47 Å². The number of rotatable bonds is 7. The molecule has 5 nitrogen and oxygen atoms in total. The number of Topliss-reactive ketones (excluding diaryl/α,β-unsaturated/α-hetero) is 1. The molecule has 33 heavy (non-hydrogen) atoms. The maximum Gasteiger partial charge on any atom is 0.416 e. The third-order valence-corrected chi connectivity index (χ3v) is 4.89. The zero-order valence-electron chi connectivity index (χ0n) is 17.9. The van der Waals surface area contributed by atoms with Gasteiger partial charge in [0.1, 0.15) is 29.6 Å². The van der Waals surface area contributed by atoms with Gasteiger partial charge in [-0.15, -0.1) is 0 Å². The van der Waals surface area contributed by atoms with Crippen LogP contribution >= 0.6 is 0 Å². The third kappa shape index (κ3) is 5.63. The number of carbonyl (C=O) groups is 1. The number of aromatic hydroxyl groups is 1. The van der Waals surface area contributed by atoms with Crippen LogP contribution in [0.5, 0.6) is 23.0 Å². The first-order valence-corrected chi connectivity index (χ1v) is 10.00. The summed E-state index contributed by atoms with van der Waals surface area (Å²) < 4.78 is 50.6. The van der Waals surface area contributed by atoms with E-state index in [-0.39, 0.29) is 47.2 Å². The summed E-state index contributed by atoms with van der Waals surface area (Å²) in [5.41, 5.74) is 0.175. The Morgan fingerprint density at radius 3 is 2.52 bits per heavy atom. The minimum atomic E-state index is -4.61. The number of nitriles is 1. The zero-order valence-corrected chi connectivity index (χ0v) is 17.9. The number of halogens is 3. The van der Waals surface area contributed by atoms with Gasteiger partial charge >= 0.3 is 6.18 Å². The molecule has 0 aromatic heterocycles. The van der Waals surface area contributed by atoms with E-state index in [0.717, 1.165) is 12.1 Å². The van der Waals surface area contributed by atoms with Crippen molar-refractivity contribution in [2.45, 2.75) is 33.1 Å². The standard InChI is InChI=1S/C25H20F3NO4/c1-3-22(30)21-7-8-23(15(2)24(21)31)32-14-16-5-4-6-19(10-16)33-20-11-17(13-29)9-18(12-20)25(26,27)28/h4-12,31H,3,14H2,1-2H3. The lowest BCUT2D eigenvalue weighted by molar-refractivity contribution is -0.137. The molecule has 0 aliphatic carbocycles. The molecule has 0 atom stereocenters. The van der Waals surface area contributed by atoms with Crippen molar-refractivity contribution in [2.24, 2.45) is 0 Å². The SMILES string of the molecule is CCC(=O)c1ccc(OCc2cccc(Oc3cc(C#N)cc(C(F)(F)F)c3)c2)c(C)c1O. The Hall–Kier alpha value is -3.99. The van der Waals surface area contributed by atoms with Crippen molar-refractivity contribution in [3.63, 3.8) is 0 Å². The summed E-state index contributed by atoms with van der Waals surface area (Å²) in [6.45, 7) is 3.43. The van der Waals surface area contributed by atoms with E-state index in [1.807, 2.05) is 0 Å². The maximum absolute atomic E-state index is 13.1. The fourth-order valence-electron chi connectivity index (χ4n) is 3.14. The van der Waals surface area contributed by atoms with Gasteiger partial charge in [-0.25, -0.2) is 0 Å². The number of phenols is 1. The van der Waals surface area contributed by atoms with Crippen molar-refractivity contribution in [3.8, 4) is 29.1 Å². The molecular weight excluding hydrogens is 435 g/mol. The largest absolute Gasteiger partial charge is 0.507 e. The van der Waals surface area contributed by atoms with E-state index in [4.69, 9.17) is 14.7 Å². The van der Waals surface area contributed by atoms with Crippen molar-refractivity contribution in [2.75, 3.05) is 0 Å². The highest BCUT2D eigenvalue weighted by Crippen LogP contribution is 2.35. The van der Waals surface area contributed by atoms with E-state index in [1.165, 1.54) is 12.1 Å². The van der Waals surface area contributed by atoms with E-state index in [9.17, 15) is 23.1 Å². The van der Waals surface area contributed by atoms with Crippen LogP contribution in [-0.2, 0) is 12.8 Å². The highest BCUT2D eigenvalue weighted by molar-refractivity contribution is 5.99. The second-order valence-electron chi connectivity index (χ2n) is 7.26. The first kappa shape index (κ1) is 23.7. The van der Waals surface area contributed by atoms with Crippen molar-refractivity contribution in [1.29, 1.82) is 5.26 Å². The van der Waals surface area contributed by atoms with Crippen LogP contribution in [-0.4, -0.2) is 10.9 Å². The Morgan fingerprint density at radius 2 is 1.85 bits per heavy atom. The minimum Gasteiger partial charge on any atom is -0.507 e. The van der Waals surface area contributed by atoms with Crippen LogP contribution in [0.1, 0.15) is 46.0 Å². The minimum absolute atomic E-state index is 0.0879. The number of hydrogen-bond donors (Lipinski definition) is 1. The van der Waals surface area contributed by atoms with Crippen LogP contribution in [0.3, 0.4) is 0 Å². The molecule has 1 N–H and O–H groups in total. The van der Waals surface area contributed by atoms with E-state index >= 15 is 0 Å². The highest BCUT2D eigenvalue weighted by Gasteiger charge is 2.31. The van der Waals surface area contributed by atoms with Gasteiger partial charge in [0.05, 0.1) is 22.8 Å². The van der Waals surface area contributed by atoms with Crippen molar-refractivity contribution in [3.05, 3.63) is 82.4 Å². The topological polar surface area (TPSA) is 79.5 Å². The smallest absolute Gasteiger partial charge is 0.416 e. The van der Waals surface area contributed by atoms with E-state index in [0.29, 0.717) is 16.9 Å². The Morgan fingerprint density at radius 1 is 1.09 bits per heavy atom. The first-order chi connectivity index (χ1) is 15.6. The number of benzene rings is 3. The summed E-state index contributed by atoms with van der Waals surface area (Å²) in [5.74, 6) is 0.234. The number of carbonyl (C=O) groups excluding carboxylic acids is 1. The van der Waals surface area contributed by atoms with E-state index in [1.54, 1.807) is 50.2 Å². The summed E-state index contributed by atoms with van der Waals surface area (Å²) in [4.78, 5) is 11.9. The lowest BCUT2D eigenvalue weighted by atomic mass is 10.0. The number of nitrogens with zero attached hydrogens (tertiary/aromatic N) is 1. The average Bonchev–Trinajstić information content (AvgIpc) is 2.79. The van der Waals surface area contributed by atoms with Gasteiger partial charge in [0, 0.05) is 12.0 Å². The molecule has 0 heterocycles. The predicted octanol–water partition coefficient (Wildman–Crippen LogP) is 6.56. The normalized spacial score (nSPS) is 11.0. The molecule has 0 fully saturated rings. The van der Waals surface area contributed by atoms with Gasteiger partial charge in [0.25, 0.3) is 0 Å². The molecular formula is C25H20F3NO4. The Balaban J connectivity index is 1.77. The number of alkyl halides is 3. The maximum atomic E-state index is 13.1. The summed E-state index contributed by atoms with van der Waals surface area (Å²) in [7, 11) is 0. The monoisotopic (exact) mass is 455 g/mol. The van der Waals surface area contributed by atoms with Crippen molar-refractivity contribution >= 4 is 5.78 Å². The summed E-state index contributed by atoms with van der Waals surface area (Å²) in [6, 6.07) is 14.2. The second kappa shape index (κ2) is 9.65. The summed E-state index contributed by atoms with van der Waals surface area (Å²) in [6.07, 6.45) is -4.34. The molecule has 0 saturated carbocycles. The molecule has 0 bridgehead atoms. The fourth-order valence-corrected chi connectivity index (χ4v) is 3.14. The average molecular weight is 455 g/mol. The summed E-state index contributed by atoms with van der Waals surface area (Å²) >= 11 is 0. The molecule has 8 heteroatoms. The molecule has 0 amide bonds. The van der Waals surface area contributed by atoms with Gasteiger partial charge in [-0.3, -0.25) is 4.79 Å². The zero-order chi connectivity index (χ0) is 24.2. The van der Waals surface area contributed by atoms with Crippen LogP contribution in [0.4, 0.5) is 13.2 Å². The van der Waals surface area contributed by atoms with Crippen LogP contribution in [0.25, 0.3) is 0 Å². The van der Waals surface area contributed by atoms with Gasteiger partial charge in [0.2, 0.25) is 0 Å². The molecule has 0 spiro atoms. The molecule has 3 aromatic carbocycles. The second-order valence-corrected chi connectivity index (χ2v) is 7.26. The van der Waals surface area contributed by atoms with Crippen LogP contribution in [0.2, 0.25) is 0 Å². The Labute approximate surface area is 188 Å². The van der Waals surface area contributed by atoms with Crippen LogP contribution in [0, 0.1) is 18.3 Å². The molecule has 3 aromatic rings. The molecule has 0 radical (unpaired) electrons. The van der Waals surface area contributed by atoms with Gasteiger partial charge < -0.3 is 14.6 Å².